The molecule has 0 unspecified atom stereocenters. The van der Waals surface area contributed by atoms with Gasteiger partial charge < -0.3 is 14.4 Å². The summed E-state index contributed by atoms with van der Waals surface area (Å²) in [5.41, 5.74) is 4.21. The lowest BCUT2D eigenvalue weighted by Crippen LogP contribution is -2.35. The largest absolute Gasteiger partial charge is 0.493 e. The number of hydrogen-bond donors (Lipinski definition) is 0. The zero-order valence-corrected chi connectivity index (χ0v) is 15.2. The number of nitrogens with zero attached hydrogens (tertiary/aromatic N) is 2. The molecule has 0 spiro atoms. The fourth-order valence-corrected chi connectivity index (χ4v) is 2.88. The Morgan fingerprint density at radius 2 is 1.73 bits per heavy atom. The van der Waals surface area contributed by atoms with Gasteiger partial charge in [-0.2, -0.15) is 0 Å². The average Bonchev–Trinajstić information content (AvgIpc) is 2.67. The van der Waals surface area contributed by atoms with Crippen LogP contribution in [0.15, 0.2) is 41.6 Å². The van der Waals surface area contributed by atoms with Crippen molar-refractivity contribution in [1.29, 1.82) is 0 Å². The number of fused-ring (bicyclic) bond motifs is 1. The smallest absolute Gasteiger partial charge is 0.436 e. The lowest BCUT2D eigenvalue weighted by molar-refractivity contribution is 0.101. The van der Waals surface area contributed by atoms with Gasteiger partial charge in [-0.1, -0.05) is 35.0 Å². The first kappa shape index (κ1) is 17.8. The van der Waals surface area contributed by atoms with Gasteiger partial charge in [0.2, 0.25) is 0 Å². The van der Waals surface area contributed by atoms with Gasteiger partial charge in [-0.25, -0.2) is 4.79 Å². The second kappa shape index (κ2) is 7.91. The van der Waals surface area contributed by atoms with E-state index < -0.39 is 6.09 Å². The van der Waals surface area contributed by atoms with Crippen molar-refractivity contribution in [2.24, 2.45) is 5.16 Å². The van der Waals surface area contributed by atoms with E-state index in [4.69, 9.17) is 14.3 Å². The molecule has 0 aliphatic carbocycles. The van der Waals surface area contributed by atoms with Crippen molar-refractivity contribution >= 4 is 12.3 Å². The van der Waals surface area contributed by atoms with E-state index in [2.05, 4.69) is 5.16 Å². The topological polar surface area (TPSA) is 60.4 Å². The van der Waals surface area contributed by atoms with Gasteiger partial charge >= 0.3 is 6.09 Å². The number of methoxy groups -OCH3 is 2. The number of hydrogen-bond acceptors (Lipinski definition) is 5. The van der Waals surface area contributed by atoms with Gasteiger partial charge in [0.25, 0.3) is 0 Å². The summed E-state index contributed by atoms with van der Waals surface area (Å²) in [6, 6.07) is 11.7. The van der Waals surface area contributed by atoms with Crippen molar-refractivity contribution in [2.75, 3.05) is 20.8 Å². The highest BCUT2D eigenvalue weighted by Crippen LogP contribution is 2.33. The van der Waals surface area contributed by atoms with Crippen LogP contribution in [0.25, 0.3) is 0 Å². The van der Waals surface area contributed by atoms with Crippen LogP contribution in [0.3, 0.4) is 0 Å². The van der Waals surface area contributed by atoms with Gasteiger partial charge in [0, 0.05) is 13.1 Å². The van der Waals surface area contributed by atoms with Crippen LogP contribution in [0, 0.1) is 6.92 Å². The Bertz CT molecular complexity index is 815. The maximum atomic E-state index is 12.3. The Kier molecular flexibility index (Phi) is 5.41. The second-order valence-corrected chi connectivity index (χ2v) is 6.15. The third-order valence-corrected chi connectivity index (χ3v) is 4.39. The quantitative estimate of drug-likeness (QED) is 0.479. The summed E-state index contributed by atoms with van der Waals surface area (Å²) < 4.78 is 10.7. The predicted molar refractivity (Wildman–Crippen MR) is 98.9 cm³/mol. The van der Waals surface area contributed by atoms with Gasteiger partial charge in [0.1, 0.15) is 0 Å². The van der Waals surface area contributed by atoms with Crippen LogP contribution in [0.4, 0.5) is 4.79 Å². The molecule has 0 fully saturated rings. The minimum absolute atomic E-state index is 0.453. The van der Waals surface area contributed by atoms with Crippen LogP contribution in [-0.2, 0) is 17.8 Å². The molecule has 3 rings (SSSR count). The molecular formula is C20H22N2O4. The lowest BCUT2D eigenvalue weighted by Gasteiger charge is -2.27. The molecule has 2 aromatic rings. The van der Waals surface area contributed by atoms with Crippen molar-refractivity contribution in [3.05, 3.63) is 58.7 Å². The van der Waals surface area contributed by atoms with E-state index in [1.165, 1.54) is 6.21 Å². The standard InChI is InChI=1S/C20H22N2O4/c1-14-4-6-15(7-5-14)12-21-26-20(23)22-9-8-16-10-18(24-2)19(25-3)11-17(16)13-22/h4-7,10-12H,8-9,13H2,1-3H3/b21-12+. The third-order valence-electron chi connectivity index (χ3n) is 4.39. The second-order valence-electron chi connectivity index (χ2n) is 6.15. The highest BCUT2D eigenvalue weighted by atomic mass is 16.7. The van der Waals surface area contributed by atoms with Crippen LogP contribution in [0.2, 0.25) is 0 Å². The molecule has 0 N–H and O–H groups in total. The zero-order valence-electron chi connectivity index (χ0n) is 15.2. The van der Waals surface area contributed by atoms with Crippen LogP contribution in [-0.4, -0.2) is 38.0 Å². The Morgan fingerprint density at radius 3 is 2.38 bits per heavy atom. The molecule has 0 saturated heterocycles. The van der Waals surface area contributed by atoms with Crippen molar-refractivity contribution in [2.45, 2.75) is 19.9 Å². The number of rotatable bonds is 4. The first-order valence-corrected chi connectivity index (χ1v) is 8.40. The molecule has 136 valence electrons. The maximum Gasteiger partial charge on any atom is 0.436 e. The van der Waals surface area contributed by atoms with Crippen LogP contribution >= 0.6 is 0 Å². The van der Waals surface area contributed by atoms with Crippen molar-refractivity contribution < 1.29 is 19.1 Å². The number of benzene rings is 2. The van der Waals surface area contributed by atoms with E-state index in [0.717, 1.165) is 28.7 Å². The van der Waals surface area contributed by atoms with Gasteiger partial charge in [-0.05, 0) is 42.2 Å². The molecule has 0 saturated carbocycles. The molecule has 0 bridgehead atoms. The third kappa shape index (κ3) is 3.96. The summed E-state index contributed by atoms with van der Waals surface area (Å²) in [5, 5.41) is 3.80. The minimum atomic E-state index is -0.464. The monoisotopic (exact) mass is 354 g/mol. The lowest BCUT2D eigenvalue weighted by atomic mass is 9.99. The number of carbonyl (C=O) groups is 1. The summed E-state index contributed by atoms with van der Waals surface area (Å²) in [6.45, 7) is 3.04. The highest BCUT2D eigenvalue weighted by molar-refractivity contribution is 5.80. The molecular weight excluding hydrogens is 332 g/mol. The molecule has 6 heteroatoms. The predicted octanol–water partition coefficient (Wildman–Crippen LogP) is 3.54. The summed E-state index contributed by atoms with van der Waals surface area (Å²) in [6.07, 6.45) is 1.80. The van der Waals surface area contributed by atoms with Gasteiger partial charge in [0.15, 0.2) is 11.5 Å². The Balaban J connectivity index is 1.64. The molecule has 1 aliphatic heterocycles. The van der Waals surface area contributed by atoms with Crippen LogP contribution < -0.4 is 9.47 Å². The molecule has 26 heavy (non-hydrogen) atoms. The molecule has 0 radical (unpaired) electrons. The number of ether oxygens (including phenoxy) is 2. The normalized spacial score (nSPS) is 13.4. The van der Waals surface area contributed by atoms with Crippen LogP contribution in [0.1, 0.15) is 22.3 Å². The van der Waals surface area contributed by atoms with Gasteiger partial charge in [-0.3, -0.25) is 4.84 Å². The fraction of sp³-hybridized carbons (Fsp3) is 0.300. The van der Waals surface area contributed by atoms with E-state index in [0.29, 0.717) is 24.6 Å². The molecule has 6 nitrogen and oxygen atoms in total. The summed E-state index contributed by atoms with van der Waals surface area (Å²) >= 11 is 0. The van der Waals surface area contributed by atoms with E-state index in [9.17, 15) is 4.79 Å². The van der Waals surface area contributed by atoms with E-state index in [-0.39, 0.29) is 0 Å². The molecule has 1 aliphatic rings. The van der Waals surface area contributed by atoms with Crippen LogP contribution in [0.5, 0.6) is 11.5 Å². The first-order chi connectivity index (χ1) is 12.6. The number of aryl methyl sites for hydroxylation is 1. The Hall–Kier alpha value is -3.02. The van der Waals surface area contributed by atoms with E-state index in [1.54, 1.807) is 19.1 Å². The molecule has 1 heterocycles. The summed E-state index contributed by atoms with van der Waals surface area (Å²) in [7, 11) is 3.21. The average molecular weight is 354 g/mol. The number of oxime groups is 1. The minimum Gasteiger partial charge on any atom is -0.493 e. The molecule has 1 amide bonds. The first-order valence-electron chi connectivity index (χ1n) is 8.40. The van der Waals surface area contributed by atoms with Gasteiger partial charge in [-0.15, -0.1) is 0 Å². The Labute approximate surface area is 153 Å². The van der Waals surface area contributed by atoms with E-state index >= 15 is 0 Å². The highest BCUT2D eigenvalue weighted by Gasteiger charge is 2.24. The number of amides is 1. The molecule has 0 atom stereocenters. The van der Waals surface area contributed by atoms with Crippen molar-refractivity contribution in [3.63, 3.8) is 0 Å². The number of carbonyl (C=O) groups excluding carboxylic acids is 1. The molecule has 2 aromatic carbocycles. The summed E-state index contributed by atoms with van der Waals surface area (Å²) in [4.78, 5) is 18.9. The maximum absolute atomic E-state index is 12.3. The summed E-state index contributed by atoms with van der Waals surface area (Å²) in [5.74, 6) is 1.35. The SMILES string of the molecule is COc1cc2c(cc1OC)CN(C(=O)O/N=C/c1ccc(C)cc1)CC2. The molecule has 0 aromatic heterocycles. The van der Waals surface area contributed by atoms with Crippen molar-refractivity contribution in [3.8, 4) is 11.5 Å². The van der Waals surface area contributed by atoms with Gasteiger partial charge in [0.05, 0.1) is 20.4 Å². The zero-order chi connectivity index (χ0) is 18.5. The fourth-order valence-electron chi connectivity index (χ4n) is 2.88. The van der Waals surface area contributed by atoms with E-state index in [1.807, 2.05) is 43.3 Å². The Morgan fingerprint density at radius 1 is 1.08 bits per heavy atom. The van der Waals surface area contributed by atoms with Crippen molar-refractivity contribution in [1.82, 2.24) is 4.90 Å².